The monoisotopic (exact) mass is 334 g/mol. The molecular weight excluding hydrogens is 312 g/mol. The average Bonchev–Trinajstić information content (AvgIpc) is 3.00. The molecule has 0 spiro atoms. The first-order chi connectivity index (χ1) is 11.4. The highest BCUT2D eigenvalue weighted by Crippen LogP contribution is 2.09. The Balaban J connectivity index is 1.85. The Morgan fingerprint density at radius 1 is 1.33 bits per heavy atom. The van der Waals surface area contributed by atoms with E-state index < -0.39 is 11.2 Å². The zero-order valence-electron chi connectivity index (χ0n) is 14.2. The highest BCUT2D eigenvalue weighted by molar-refractivity contribution is 5.77. The second-order valence-corrected chi connectivity index (χ2v) is 6.21. The number of carbonyl (C=O) groups is 1. The van der Waals surface area contributed by atoms with Gasteiger partial charge in [0.25, 0.3) is 5.56 Å². The number of piperazine rings is 1. The molecule has 3 heterocycles. The molecule has 1 aliphatic rings. The molecule has 1 N–H and O–H groups in total. The molecule has 0 saturated carbocycles. The van der Waals surface area contributed by atoms with Crippen LogP contribution in [-0.4, -0.2) is 55.2 Å². The Bertz CT molecular complexity index is 893. The van der Waals surface area contributed by atoms with Crippen LogP contribution in [-0.2, 0) is 25.4 Å². The Kier molecular flexibility index (Phi) is 4.27. The van der Waals surface area contributed by atoms with Gasteiger partial charge < -0.3 is 14.8 Å². The van der Waals surface area contributed by atoms with E-state index in [1.807, 2.05) is 11.8 Å². The van der Waals surface area contributed by atoms with Crippen LogP contribution in [0.1, 0.15) is 13.3 Å². The van der Waals surface area contributed by atoms with Crippen molar-refractivity contribution in [2.24, 2.45) is 14.1 Å². The molecule has 0 radical (unpaired) electrons. The number of hydrogen-bond donors (Lipinski definition) is 1. The standard InChI is InChI=1S/C15H22N6O3/c1-10-8-16-5-7-21(10)11(22)4-6-20-9-17-13-12(20)14(23)19(3)15(24)18(13)2/h9-10,16H,4-8H2,1-3H3/t10-/m0/s1. The maximum atomic E-state index is 12.4. The van der Waals surface area contributed by atoms with E-state index in [-0.39, 0.29) is 11.9 Å². The summed E-state index contributed by atoms with van der Waals surface area (Å²) in [6.07, 6.45) is 1.81. The molecule has 0 aliphatic carbocycles. The average molecular weight is 334 g/mol. The van der Waals surface area contributed by atoms with Gasteiger partial charge in [0, 0.05) is 52.7 Å². The van der Waals surface area contributed by atoms with Gasteiger partial charge in [-0.05, 0) is 6.92 Å². The SMILES string of the molecule is C[C@H]1CNCCN1C(=O)CCn1cnc2c1c(=O)n(C)c(=O)n2C. The topological polar surface area (TPSA) is 94.2 Å². The molecule has 0 aromatic carbocycles. The van der Waals surface area contributed by atoms with Crippen molar-refractivity contribution in [2.75, 3.05) is 19.6 Å². The summed E-state index contributed by atoms with van der Waals surface area (Å²) < 4.78 is 4.05. The van der Waals surface area contributed by atoms with E-state index in [2.05, 4.69) is 10.3 Å². The van der Waals surface area contributed by atoms with E-state index >= 15 is 0 Å². The van der Waals surface area contributed by atoms with Crippen LogP contribution in [0.3, 0.4) is 0 Å². The molecule has 0 bridgehead atoms. The number of fused-ring (bicyclic) bond motifs is 1. The molecule has 1 atom stereocenters. The van der Waals surface area contributed by atoms with Crippen molar-refractivity contribution < 1.29 is 4.79 Å². The number of aromatic nitrogens is 4. The van der Waals surface area contributed by atoms with Gasteiger partial charge in [-0.2, -0.15) is 0 Å². The van der Waals surface area contributed by atoms with Gasteiger partial charge in [0.1, 0.15) is 0 Å². The first-order valence-corrected chi connectivity index (χ1v) is 8.03. The maximum absolute atomic E-state index is 12.4. The molecule has 2 aromatic rings. The molecule has 3 rings (SSSR count). The molecule has 0 unspecified atom stereocenters. The van der Waals surface area contributed by atoms with Crippen molar-refractivity contribution in [3.63, 3.8) is 0 Å². The van der Waals surface area contributed by atoms with Crippen molar-refractivity contribution in [1.29, 1.82) is 0 Å². The van der Waals surface area contributed by atoms with Crippen LogP contribution < -0.4 is 16.6 Å². The largest absolute Gasteiger partial charge is 0.337 e. The van der Waals surface area contributed by atoms with Crippen molar-refractivity contribution >= 4 is 17.1 Å². The molecule has 130 valence electrons. The third-order valence-electron chi connectivity index (χ3n) is 4.61. The third kappa shape index (κ3) is 2.64. The summed E-state index contributed by atoms with van der Waals surface area (Å²) in [5.74, 6) is 0.0625. The number of aryl methyl sites for hydroxylation is 2. The summed E-state index contributed by atoms with van der Waals surface area (Å²) in [5.41, 5.74) is -0.121. The van der Waals surface area contributed by atoms with Crippen molar-refractivity contribution in [2.45, 2.75) is 25.9 Å². The number of nitrogens with zero attached hydrogens (tertiary/aromatic N) is 5. The van der Waals surface area contributed by atoms with E-state index in [1.54, 1.807) is 11.6 Å². The van der Waals surface area contributed by atoms with Crippen molar-refractivity contribution in [1.82, 2.24) is 28.9 Å². The number of imidazole rings is 1. The number of hydrogen-bond acceptors (Lipinski definition) is 5. The van der Waals surface area contributed by atoms with Crippen LogP contribution >= 0.6 is 0 Å². The van der Waals surface area contributed by atoms with Crippen LogP contribution in [0.4, 0.5) is 0 Å². The molecule has 9 heteroatoms. The lowest BCUT2D eigenvalue weighted by Gasteiger charge is -2.34. The van der Waals surface area contributed by atoms with E-state index in [9.17, 15) is 14.4 Å². The van der Waals surface area contributed by atoms with Crippen molar-refractivity contribution in [3.8, 4) is 0 Å². The first-order valence-electron chi connectivity index (χ1n) is 8.03. The summed E-state index contributed by atoms with van der Waals surface area (Å²) in [6.45, 7) is 4.66. The lowest BCUT2D eigenvalue weighted by Crippen LogP contribution is -2.52. The summed E-state index contributed by atoms with van der Waals surface area (Å²) in [7, 11) is 3.02. The molecule has 1 saturated heterocycles. The second-order valence-electron chi connectivity index (χ2n) is 6.21. The van der Waals surface area contributed by atoms with E-state index in [4.69, 9.17) is 0 Å². The fraction of sp³-hybridized carbons (Fsp3) is 0.600. The molecule has 9 nitrogen and oxygen atoms in total. The Morgan fingerprint density at radius 2 is 2.08 bits per heavy atom. The summed E-state index contributed by atoms with van der Waals surface area (Å²) in [4.78, 5) is 42.8. The maximum Gasteiger partial charge on any atom is 0.332 e. The van der Waals surface area contributed by atoms with Crippen LogP contribution in [0.5, 0.6) is 0 Å². The minimum Gasteiger partial charge on any atom is -0.337 e. The Hall–Kier alpha value is -2.42. The van der Waals surface area contributed by atoms with Crippen LogP contribution in [0.25, 0.3) is 11.2 Å². The van der Waals surface area contributed by atoms with E-state index in [0.717, 1.165) is 17.7 Å². The molecule has 24 heavy (non-hydrogen) atoms. The number of carbonyl (C=O) groups excluding carboxylic acids is 1. The summed E-state index contributed by atoms with van der Waals surface area (Å²) in [5, 5.41) is 3.25. The lowest BCUT2D eigenvalue weighted by molar-refractivity contribution is -0.134. The van der Waals surface area contributed by atoms with E-state index in [0.29, 0.717) is 30.7 Å². The Labute approximate surface area is 138 Å². The van der Waals surface area contributed by atoms with Crippen molar-refractivity contribution in [3.05, 3.63) is 27.2 Å². The van der Waals surface area contributed by atoms with E-state index in [1.165, 1.54) is 17.9 Å². The molecule has 1 amide bonds. The molecule has 1 aliphatic heterocycles. The molecule has 2 aromatic heterocycles. The summed E-state index contributed by atoms with van der Waals surface area (Å²) >= 11 is 0. The predicted molar refractivity (Wildman–Crippen MR) is 88.9 cm³/mol. The zero-order chi connectivity index (χ0) is 17.4. The molecule has 1 fully saturated rings. The van der Waals surface area contributed by atoms with Crippen LogP contribution in [0, 0.1) is 0 Å². The lowest BCUT2D eigenvalue weighted by atomic mass is 10.2. The predicted octanol–water partition coefficient (Wildman–Crippen LogP) is -1.36. The van der Waals surface area contributed by atoms with Gasteiger partial charge in [-0.3, -0.25) is 18.7 Å². The quantitative estimate of drug-likeness (QED) is 0.748. The third-order valence-corrected chi connectivity index (χ3v) is 4.61. The fourth-order valence-electron chi connectivity index (χ4n) is 3.14. The van der Waals surface area contributed by atoms with Gasteiger partial charge in [0.15, 0.2) is 11.2 Å². The highest BCUT2D eigenvalue weighted by Gasteiger charge is 2.23. The second kappa shape index (κ2) is 6.23. The normalized spacial score (nSPS) is 18.3. The highest BCUT2D eigenvalue weighted by atomic mass is 16.2. The number of rotatable bonds is 3. The van der Waals surface area contributed by atoms with Crippen LogP contribution in [0.15, 0.2) is 15.9 Å². The zero-order valence-corrected chi connectivity index (χ0v) is 14.2. The van der Waals surface area contributed by atoms with Gasteiger partial charge in [-0.25, -0.2) is 9.78 Å². The van der Waals surface area contributed by atoms with Gasteiger partial charge in [0.2, 0.25) is 5.91 Å². The first kappa shape index (κ1) is 16.4. The fourth-order valence-corrected chi connectivity index (χ4v) is 3.14. The summed E-state index contributed by atoms with van der Waals surface area (Å²) in [6, 6.07) is 0.166. The van der Waals surface area contributed by atoms with Gasteiger partial charge in [0.05, 0.1) is 6.33 Å². The minimum atomic E-state index is -0.413. The smallest absolute Gasteiger partial charge is 0.332 e. The van der Waals surface area contributed by atoms with Gasteiger partial charge in [-0.15, -0.1) is 0 Å². The Morgan fingerprint density at radius 3 is 2.79 bits per heavy atom. The van der Waals surface area contributed by atoms with Gasteiger partial charge in [-0.1, -0.05) is 0 Å². The molecular formula is C15H22N6O3. The van der Waals surface area contributed by atoms with Crippen LogP contribution in [0.2, 0.25) is 0 Å². The number of nitrogens with one attached hydrogen (secondary N) is 1. The van der Waals surface area contributed by atoms with Gasteiger partial charge >= 0.3 is 5.69 Å². The number of amides is 1. The minimum absolute atomic E-state index is 0.0625.